The molecule has 0 spiro atoms. The fourth-order valence-corrected chi connectivity index (χ4v) is 0.258. The van der Waals surface area contributed by atoms with Crippen molar-refractivity contribution >= 4 is 37.9 Å². The number of rotatable bonds is 3. The number of hydrogen-bond acceptors (Lipinski definition) is 3. The van der Waals surface area contributed by atoms with Crippen LogP contribution in [-0.2, 0) is 17.4 Å². The standard InChI is InChI=1S/C5H11S.C4H8S2.Cr.Cs/c1-4(2)5(3)6;1-2-4(6)3-5;;/h4-6H,3H2,1-2H3;2-6H,1H3;;/q-1;-2;+2;+1. The van der Waals surface area contributed by atoms with Gasteiger partial charge in [-0.2, -0.15) is 6.92 Å². The summed E-state index contributed by atoms with van der Waals surface area (Å²) in [5.74, 6) is 2.33. The van der Waals surface area contributed by atoms with Gasteiger partial charge in [0.05, 0.1) is 0 Å². The van der Waals surface area contributed by atoms with E-state index in [0.717, 1.165) is 0 Å². The Morgan fingerprint density at radius 3 is 1.50 bits per heavy atom. The minimum atomic E-state index is 0. The number of thiol groups is 3. The van der Waals surface area contributed by atoms with Gasteiger partial charge in [0.2, 0.25) is 0 Å². The molecule has 14 heavy (non-hydrogen) atoms. The van der Waals surface area contributed by atoms with Gasteiger partial charge in [0.1, 0.15) is 0 Å². The van der Waals surface area contributed by atoms with Gasteiger partial charge in [0, 0.05) is 0 Å². The van der Waals surface area contributed by atoms with Crippen LogP contribution in [0.5, 0.6) is 0 Å². The van der Waals surface area contributed by atoms with Crippen LogP contribution in [0.1, 0.15) is 20.8 Å². The van der Waals surface area contributed by atoms with Crippen molar-refractivity contribution in [2.45, 2.75) is 31.3 Å². The van der Waals surface area contributed by atoms with Gasteiger partial charge in [-0.1, -0.05) is 19.8 Å². The minimum absolute atomic E-state index is 0. The Labute approximate surface area is 176 Å². The van der Waals surface area contributed by atoms with E-state index >= 15 is 0 Å². The van der Waals surface area contributed by atoms with Gasteiger partial charge in [0.25, 0.3) is 0 Å². The Morgan fingerprint density at radius 2 is 1.50 bits per heavy atom. The molecule has 0 radical (unpaired) electrons. The van der Waals surface area contributed by atoms with Gasteiger partial charge < -0.3 is 26.0 Å². The van der Waals surface area contributed by atoms with Crippen LogP contribution in [0.4, 0.5) is 0 Å². The van der Waals surface area contributed by atoms with Crippen LogP contribution < -0.4 is 68.9 Å². The third-order valence-corrected chi connectivity index (χ3v) is 2.86. The molecular formula is C9H19CrCsS3. The molecule has 5 heteroatoms. The van der Waals surface area contributed by atoms with Crippen molar-refractivity contribution in [3.8, 4) is 0 Å². The van der Waals surface area contributed by atoms with E-state index < -0.39 is 0 Å². The third-order valence-electron chi connectivity index (χ3n) is 1.26. The molecule has 0 saturated heterocycles. The predicted molar refractivity (Wildman–Crippen MR) is 69.0 cm³/mol. The van der Waals surface area contributed by atoms with Crippen molar-refractivity contribution in [3.05, 3.63) is 19.1 Å². The van der Waals surface area contributed by atoms with Gasteiger partial charge in [-0.15, -0.1) is 5.25 Å². The normalized spacial score (nSPS) is 12.9. The summed E-state index contributed by atoms with van der Waals surface area (Å²) in [4.78, 5) is 0. The maximum atomic E-state index is 4.08. The fraction of sp³-hybridized carbons (Fsp3) is 0.667. The molecule has 0 aliphatic carbocycles. The van der Waals surface area contributed by atoms with E-state index in [2.05, 4.69) is 58.7 Å². The van der Waals surface area contributed by atoms with E-state index in [4.69, 9.17) is 0 Å². The van der Waals surface area contributed by atoms with Gasteiger partial charge >= 0.3 is 86.3 Å². The Bertz CT molecular complexity index is 82.1. The molecule has 0 bridgehead atoms. The average Bonchev–Trinajstić information content (AvgIpc) is 2.04. The topological polar surface area (TPSA) is 0 Å². The molecule has 0 aliphatic heterocycles. The monoisotopic (exact) mass is 408 g/mol. The molecule has 0 aromatic heterocycles. The first-order chi connectivity index (χ1) is 5.45. The predicted octanol–water partition coefficient (Wildman–Crippen LogP) is 0.377. The molecule has 0 N–H and O–H groups in total. The fourth-order valence-electron chi connectivity index (χ4n) is 0.0861. The summed E-state index contributed by atoms with van der Waals surface area (Å²) in [6.07, 6.45) is 1.95. The molecule has 0 aliphatic rings. The molecule has 0 rings (SSSR count). The average molecular weight is 408 g/mol. The molecule has 0 aromatic rings. The Balaban J connectivity index is -0.0000000625. The zero-order valence-electron chi connectivity index (χ0n) is 9.34. The zero-order valence-corrected chi connectivity index (χ0v) is 19.6. The van der Waals surface area contributed by atoms with Crippen LogP contribution in [0.3, 0.4) is 0 Å². The van der Waals surface area contributed by atoms with Gasteiger partial charge in [-0.3, -0.25) is 5.75 Å². The summed E-state index contributed by atoms with van der Waals surface area (Å²) < 4.78 is 0. The van der Waals surface area contributed by atoms with E-state index in [1.807, 2.05) is 13.3 Å². The van der Waals surface area contributed by atoms with Crippen molar-refractivity contribution in [3.63, 3.8) is 0 Å². The van der Waals surface area contributed by atoms with Crippen LogP contribution in [0.2, 0.25) is 0 Å². The van der Waals surface area contributed by atoms with Crippen LogP contribution >= 0.6 is 37.9 Å². The molecule has 0 fully saturated rings. The van der Waals surface area contributed by atoms with Crippen molar-refractivity contribution < 1.29 is 86.3 Å². The van der Waals surface area contributed by atoms with Crippen molar-refractivity contribution in [2.75, 3.05) is 0 Å². The largest absolute Gasteiger partial charge is 2.00 e. The second-order valence-electron chi connectivity index (χ2n) is 2.78. The van der Waals surface area contributed by atoms with Gasteiger partial charge in [-0.05, 0) is 0 Å². The van der Waals surface area contributed by atoms with Crippen molar-refractivity contribution in [1.82, 2.24) is 0 Å². The molecular weight excluding hydrogens is 389 g/mol. The van der Waals surface area contributed by atoms with E-state index in [0.29, 0.717) is 11.2 Å². The number of hydrogen-bond donors (Lipinski definition) is 3. The maximum absolute atomic E-state index is 4.08. The van der Waals surface area contributed by atoms with Crippen LogP contribution in [0.15, 0.2) is 0 Å². The first-order valence-electron chi connectivity index (χ1n) is 3.91. The Kier molecular flexibility index (Phi) is 35.6. The van der Waals surface area contributed by atoms with Crippen molar-refractivity contribution in [2.24, 2.45) is 5.92 Å². The Morgan fingerprint density at radius 1 is 1.21 bits per heavy atom. The summed E-state index contributed by atoms with van der Waals surface area (Å²) in [7, 11) is 0. The van der Waals surface area contributed by atoms with Crippen LogP contribution in [0.25, 0.3) is 0 Å². The van der Waals surface area contributed by atoms with E-state index in [9.17, 15) is 0 Å². The molecule has 0 nitrogen and oxygen atoms in total. The molecule has 80 valence electrons. The summed E-state index contributed by atoms with van der Waals surface area (Å²) >= 11 is 12.0. The first kappa shape index (κ1) is 26.2. The van der Waals surface area contributed by atoms with Crippen LogP contribution in [0, 0.1) is 25.0 Å². The summed E-state index contributed by atoms with van der Waals surface area (Å²) in [6, 6.07) is 0. The van der Waals surface area contributed by atoms with E-state index in [-0.39, 0.29) is 91.5 Å². The SMILES string of the molecule is C[CH-]C(S)[CH-]S.[CH2-]C(S)C(C)C.[Cr+2].[Cs+]. The quantitative estimate of drug-likeness (QED) is 0.437. The van der Waals surface area contributed by atoms with E-state index in [1.54, 1.807) is 5.75 Å². The molecule has 0 amide bonds. The maximum Gasteiger partial charge on any atom is 2.00 e. The van der Waals surface area contributed by atoms with E-state index in [1.165, 1.54) is 0 Å². The molecule has 0 saturated carbocycles. The van der Waals surface area contributed by atoms with Gasteiger partial charge in [0.15, 0.2) is 0 Å². The molecule has 0 heterocycles. The zero-order chi connectivity index (χ0) is 10.1. The molecule has 2 atom stereocenters. The smallest absolute Gasteiger partial charge is 0.370 e. The molecule has 2 unspecified atom stereocenters. The first-order valence-corrected chi connectivity index (χ1v) is 5.46. The minimum Gasteiger partial charge on any atom is -0.370 e. The second kappa shape index (κ2) is 19.0. The summed E-state index contributed by atoms with van der Waals surface area (Å²) in [6.45, 7) is 9.85. The van der Waals surface area contributed by atoms with Crippen molar-refractivity contribution in [1.29, 1.82) is 0 Å². The Hall–Kier alpha value is 3.63. The summed E-state index contributed by atoms with van der Waals surface area (Å²) in [5, 5.41) is 0.540. The van der Waals surface area contributed by atoms with Crippen LogP contribution in [-0.4, -0.2) is 10.5 Å². The van der Waals surface area contributed by atoms with Gasteiger partial charge in [-0.25, -0.2) is 30.5 Å². The second-order valence-corrected chi connectivity index (χ2v) is 4.34. The summed E-state index contributed by atoms with van der Waals surface area (Å²) in [5.41, 5.74) is 0. The third kappa shape index (κ3) is 24.7. The molecule has 0 aromatic carbocycles.